The zero-order chi connectivity index (χ0) is 14.7. The van der Waals surface area contributed by atoms with Crippen molar-refractivity contribution < 1.29 is 9.47 Å². The summed E-state index contributed by atoms with van der Waals surface area (Å²) >= 11 is 0. The molecule has 1 saturated heterocycles. The molecule has 3 heteroatoms. The average Bonchev–Trinajstić information content (AvgIpc) is 2.95. The summed E-state index contributed by atoms with van der Waals surface area (Å²) in [6, 6.07) is 6.61. The van der Waals surface area contributed by atoms with E-state index in [0.717, 1.165) is 38.5 Å². The quantitative estimate of drug-likeness (QED) is 0.902. The van der Waals surface area contributed by atoms with Gasteiger partial charge >= 0.3 is 0 Å². The predicted molar refractivity (Wildman–Crippen MR) is 84.8 cm³/mol. The second-order valence-corrected chi connectivity index (χ2v) is 6.71. The minimum atomic E-state index is 0.240. The highest BCUT2D eigenvalue weighted by Gasteiger charge is 2.28. The second-order valence-electron chi connectivity index (χ2n) is 6.71. The summed E-state index contributed by atoms with van der Waals surface area (Å²) < 4.78 is 11.7. The Labute approximate surface area is 128 Å². The van der Waals surface area contributed by atoms with Crippen molar-refractivity contribution in [3.8, 4) is 5.75 Å². The summed E-state index contributed by atoms with van der Waals surface area (Å²) in [6.45, 7) is 8.35. The minimum absolute atomic E-state index is 0.240. The van der Waals surface area contributed by atoms with Gasteiger partial charge in [-0.15, -0.1) is 0 Å². The van der Waals surface area contributed by atoms with E-state index in [4.69, 9.17) is 9.47 Å². The number of fused-ring (bicyclic) bond motifs is 1. The van der Waals surface area contributed by atoms with Crippen molar-refractivity contribution in [3.63, 3.8) is 0 Å². The van der Waals surface area contributed by atoms with Gasteiger partial charge in [-0.25, -0.2) is 0 Å². The van der Waals surface area contributed by atoms with E-state index < -0.39 is 0 Å². The van der Waals surface area contributed by atoms with Crippen LogP contribution < -0.4 is 10.1 Å². The van der Waals surface area contributed by atoms with E-state index >= 15 is 0 Å². The van der Waals surface area contributed by atoms with E-state index in [0.29, 0.717) is 11.8 Å². The molecule has 0 spiro atoms. The van der Waals surface area contributed by atoms with Gasteiger partial charge in [-0.3, -0.25) is 0 Å². The molecule has 1 N–H and O–H groups in total. The van der Waals surface area contributed by atoms with Crippen LogP contribution in [-0.2, 0) is 11.2 Å². The van der Waals surface area contributed by atoms with Crippen LogP contribution in [0.5, 0.6) is 5.75 Å². The highest BCUT2D eigenvalue weighted by molar-refractivity contribution is 5.40. The zero-order valence-electron chi connectivity index (χ0n) is 13.2. The van der Waals surface area contributed by atoms with Crippen LogP contribution in [0.1, 0.15) is 43.9 Å². The number of benzene rings is 1. The molecule has 0 saturated carbocycles. The normalized spacial score (nSPS) is 24.9. The van der Waals surface area contributed by atoms with E-state index in [2.05, 4.69) is 37.4 Å². The van der Waals surface area contributed by atoms with Crippen LogP contribution in [-0.4, -0.2) is 26.3 Å². The van der Waals surface area contributed by atoms with Crippen molar-refractivity contribution in [3.05, 3.63) is 29.3 Å². The fourth-order valence-corrected chi connectivity index (χ4v) is 3.36. The molecule has 0 radical (unpaired) electrons. The van der Waals surface area contributed by atoms with E-state index in [9.17, 15) is 0 Å². The maximum Gasteiger partial charge on any atom is 0.122 e. The summed E-state index contributed by atoms with van der Waals surface area (Å²) in [7, 11) is 0. The molecule has 0 bridgehead atoms. The topological polar surface area (TPSA) is 30.5 Å². The van der Waals surface area contributed by atoms with Gasteiger partial charge in [0.25, 0.3) is 0 Å². The van der Waals surface area contributed by atoms with E-state index in [1.807, 2.05) is 0 Å². The predicted octanol–water partition coefficient (Wildman–Crippen LogP) is 3.33. The zero-order valence-corrected chi connectivity index (χ0v) is 13.2. The van der Waals surface area contributed by atoms with Crippen LogP contribution in [0.3, 0.4) is 0 Å². The molecule has 1 aromatic rings. The molecule has 0 amide bonds. The standard InChI is InChI=1S/C18H27NO2/c1-13(2)11-19-12-16-4-3-8-21-18(16)15-5-6-17-14(10-15)7-9-20-17/h5-6,10,13,16,18-19H,3-4,7-9,11-12H2,1-2H3. The third-order valence-corrected chi connectivity index (χ3v) is 4.45. The number of rotatable bonds is 5. The molecule has 2 unspecified atom stereocenters. The van der Waals surface area contributed by atoms with Crippen LogP contribution in [0.2, 0.25) is 0 Å². The third-order valence-electron chi connectivity index (χ3n) is 4.45. The Morgan fingerprint density at radius 1 is 1.29 bits per heavy atom. The van der Waals surface area contributed by atoms with E-state index in [-0.39, 0.29) is 6.10 Å². The van der Waals surface area contributed by atoms with Gasteiger partial charge in [0, 0.05) is 25.5 Å². The number of ether oxygens (including phenoxy) is 2. The van der Waals surface area contributed by atoms with Gasteiger partial charge in [-0.1, -0.05) is 19.9 Å². The number of hydrogen-bond donors (Lipinski definition) is 1. The molecule has 2 aliphatic rings. The van der Waals surface area contributed by atoms with Crippen LogP contribution in [0.25, 0.3) is 0 Å². The lowest BCUT2D eigenvalue weighted by atomic mass is 9.88. The van der Waals surface area contributed by atoms with Crippen LogP contribution in [0.4, 0.5) is 0 Å². The minimum Gasteiger partial charge on any atom is -0.493 e. The fraction of sp³-hybridized carbons (Fsp3) is 0.667. The molecule has 2 aliphatic heterocycles. The second kappa shape index (κ2) is 6.80. The summed E-state index contributed by atoms with van der Waals surface area (Å²) in [4.78, 5) is 0. The first-order valence-electron chi connectivity index (χ1n) is 8.32. The number of hydrogen-bond acceptors (Lipinski definition) is 3. The Balaban J connectivity index is 1.68. The van der Waals surface area contributed by atoms with Gasteiger partial charge in [0.2, 0.25) is 0 Å². The highest BCUT2D eigenvalue weighted by atomic mass is 16.5. The Hall–Kier alpha value is -1.06. The molecule has 21 heavy (non-hydrogen) atoms. The van der Waals surface area contributed by atoms with Gasteiger partial charge in [-0.2, -0.15) is 0 Å². The molecule has 2 heterocycles. The van der Waals surface area contributed by atoms with E-state index in [1.54, 1.807) is 0 Å². The maximum absolute atomic E-state index is 6.11. The Morgan fingerprint density at radius 3 is 3.05 bits per heavy atom. The largest absolute Gasteiger partial charge is 0.493 e. The first-order valence-corrected chi connectivity index (χ1v) is 8.32. The van der Waals surface area contributed by atoms with Gasteiger partial charge in [0.15, 0.2) is 0 Å². The Kier molecular flexibility index (Phi) is 4.81. The first kappa shape index (κ1) is 14.9. The van der Waals surface area contributed by atoms with Crippen molar-refractivity contribution >= 4 is 0 Å². The molecule has 3 nitrogen and oxygen atoms in total. The summed E-state index contributed by atoms with van der Waals surface area (Å²) in [5.74, 6) is 2.34. The maximum atomic E-state index is 6.11. The lowest BCUT2D eigenvalue weighted by Crippen LogP contribution is -2.33. The van der Waals surface area contributed by atoms with Crippen molar-refractivity contribution in [2.24, 2.45) is 11.8 Å². The average molecular weight is 289 g/mol. The molecule has 2 atom stereocenters. The van der Waals surface area contributed by atoms with Gasteiger partial charge < -0.3 is 14.8 Å². The molecule has 1 aromatic carbocycles. The Bertz CT molecular complexity index is 472. The summed E-state index contributed by atoms with van der Waals surface area (Å²) in [5, 5.41) is 3.60. The third kappa shape index (κ3) is 3.58. The van der Waals surface area contributed by atoms with Crippen LogP contribution >= 0.6 is 0 Å². The molecular formula is C18H27NO2. The Morgan fingerprint density at radius 2 is 2.19 bits per heavy atom. The summed E-state index contributed by atoms with van der Waals surface area (Å²) in [5.41, 5.74) is 2.67. The molecular weight excluding hydrogens is 262 g/mol. The highest BCUT2D eigenvalue weighted by Crippen LogP contribution is 2.36. The van der Waals surface area contributed by atoms with Crippen LogP contribution in [0, 0.1) is 11.8 Å². The van der Waals surface area contributed by atoms with Crippen LogP contribution in [0.15, 0.2) is 18.2 Å². The molecule has 0 aromatic heterocycles. The smallest absolute Gasteiger partial charge is 0.122 e. The van der Waals surface area contributed by atoms with Crippen molar-refractivity contribution in [2.75, 3.05) is 26.3 Å². The van der Waals surface area contributed by atoms with E-state index in [1.165, 1.54) is 24.0 Å². The lowest BCUT2D eigenvalue weighted by Gasteiger charge is -2.32. The first-order chi connectivity index (χ1) is 10.2. The van der Waals surface area contributed by atoms with Crippen molar-refractivity contribution in [2.45, 2.75) is 39.2 Å². The van der Waals surface area contributed by atoms with Gasteiger partial charge in [0.1, 0.15) is 5.75 Å². The van der Waals surface area contributed by atoms with Gasteiger partial charge in [0.05, 0.1) is 12.7 Å². The molecule has 0 aliphatic carbocycles. The number of nitrogens with one attached hydrogen (secondary N) is 1. The molecule has 3 rings (SSSR count). The molecule has 116 valence electrons. The SMILES string of the molecule is CC(C)CNCC1CCCOC1c1ccc2c(c1)CCO2. The fourth-order valence-electron chi connectivity index (χ4n) is 3.36. The van der Waals surface area contributed by atoms with Crippen molar-refractivity contribution in [1.29, 1.82) is 0 Å². The van der Waals surface area contributed by atoms with Gasteiger partial charge in [-0.05, 0) is 48.6 Å². The lowest BCUT2D eigenvalue weighted by molar-refractivity contribution is -0.0279. The van der Waals surface area contributed by atoms with Crippen molar-refractivity contribution in [1.82, 2.24) is 5.32 Å². The summed E-state index contributed by atoms with van der Waals surface area (Å²) in [6.07, 6.45) is 3.71. The molecule has 1 fully saturated rings. The monoisotopic (exact) mass is 289 g/mol.